The van der Waals surface area contributed by atoms with E-state index in [1.165, 1.54) is 0 Å². The fourth-order valence-corrected chi connectivity index (χ4v) is 2.59. The number of nitrogens with one attached hydrogen (secondary N) is 1. The van der Waals surface area contributed by atoms with Crippen molar-refractivity contribution < 1.29 is 4.74 Å². The van der Waals surface area contributed by atoms with E-state index in [2.05, 4.69) is 16.9 Å². The van der Waals surface area contributed by atoms with Crippen molar-refractivity contribution in [3.05, 3.63) is 46.6 Å². The zero-order chi connectivity index (χ0) is 15.4. The number of nitrogens with zero attached hydrogens (tertiary/aromatic N) is 1. The predicted molar refractivity (Wildman–Crippen MR) is 89.7 cm³/mol. The molecule has 0 aliphatic heterocycles. The van der Waals surface area contributed by atoms with Crippen LogP contribution in [0.15, 0.2) is 30.9 Å². The summed E-state index contributed by atoms with van der Waals surface area (Å²) in [5.74, 6) is 0.577. The summed E-state index contributed by atoms with van der Waals surface area (Å²) in [5.41, 5.74) is 1.59. The number of pyridine rings is 1. The Hall–Kier alpha value is -1.29. The maximum Gasteiger partial charge on any atom is 0.164 e. The Bertz CT molecular complexity index is 658. The number of halogens is 2. The van der Waals surface area contributed by atoms with Crippen LogP contribution >= 0.6 is 23.2 Å². The van der Waals surface area contributed by atoms with Gasteiger partial charge in [-0.15, -0.1) is 6.58 Å². The Morgan fingerprint density at radius 1 is 1.38 bits per heavy atom. The van der Waals surface area contributed by atoms with Gasteiger partial charge >= 0.3 is 0 Å². The zero-order valence-electron chi connectivity index (χ0n) is 12.1. The van der Waals surface area contributed by atoms with E-state index in [9.17, 15) is 0 Å². The third-order valence-electron chi connectivity index (χ3n) is 3.02. The standard InChI is InChI=1S/C16H18Cl2N2O/c1-4-7-19-9-11(3)21-16-14(18)8-13(17)12-6-5-10(2)20-15(12)16/h4-6,8,11,19H,1,7,9H2,2-3H3. The van der Waals surface area contributed by atoms with Gasteiger partial charge in [0.05, 0.1) is 10.0 Å². The van der Waals surface area contributed by atoms with E-state index in [1.807, 2.05) is 32.1 Å². The minimum absolute atomic E-state index is 0.0471. The first-order chi connectivity index (χ1) is 10.0. The van der Waals surface area contributed by atoms with Gasteiger partial charge in [-0.25, -0.2) is 4.98 Å². The van der Waals surface area contributed by atoms with Crippen molar-refractivity contribution in [3.63, 3.8) is 0 Å². The molecule has 0 aliphatic rings. The summed E-state index contributed by atoms with van der Waals surface area (Å²) in [6.07, 6.45) is 1.76. The van der Waals surface area contributed by atoms with E-state index in [-0.39, 0.29) is 6.10 Å². The van der Waals surface area contributed by atoms with Gasteiger partial charge in [-0.05, 0) is 32.0 Å². The molecule has 0 spiro atoms. The molecule has 0 radical (unpaired) electrons. The van der Waals surface area contributed by atoms with E-state index in [0.717, 1.165) is 17.6 Å². The Morgan fingerprint density at radius 2 is 2.14 bits per heavy atom. The molecule has 0 amide bonds. The van der Waals surface area contributed by atoms with Gasteiger partial charge in [0.15, 0.2) is 5.75 Å². The lowest BCUT2D eigenvalue weighted by Crippen LogP contribution is -2.29. The van der Waals surface area contributed by atoms with Crippen LogP contribution in [0.3, 0.4) is 0 Å². The van der Waals surface area contributed by atoms with Gasteiger partial charge in [-0.2, -0.15) is 0 Å². The first-order valence-electron chi connectivity index (χ1n) is 6.76. The van der Waals surface area contributed by atoms with Crippen molar-refractivity contribution in [3.8, 4) is 5.75 Å². The van der Waals surface area contributed by atoms with Crippen LogP contribution < -0.4 is 10.1 Å². The highest BCUT2D eigenvalue weighted by Gasteiger charge is 2.15. The van der Waals surface area contributed by atoms with Gasteiger partial charge in [-0.3, -0.25) is 0 Å². The molecule has 0 saturated heterocycles. The number of benzene rings is 1. The van der Waals surface area contributed by atoms with Crippen molar-refractivity contribution in [1.82, 2.24) is 10.3 Å². The van der Waals surface area contributed by atoms with Gasteiger partial charge in [0.2, 0.25) is 0 Å². The van der Waals surface area contributed by atoms with E-state index < -0.39 is 0 Å². The lowest BCUT2D eigenvalue weighted by atomic mass is 10.2. The van der Waals surface area contributed by atoms with Crippen molar-refractivity contribution in [1.29, 1.82) is 0 Å². The number of fused-ring (bicyclic) bond motifs is 1. The maximum absolute atomic E-state index is 6.28. The van der Waals surface area contributed by atoms with Gasteiger partial charge in [0.25, 0.3) is 0 Å². The van der Waals surface area contributed by atoms with Crippen LogP contribution in [0.2, 0.25) is 10.0 Å². The third kappa shape index (κ3) is 3.88. The lowest BCUT2D eigenvalue weighted by Gasteiger charge is -2.18. The van der Waals surface area contributed by atoms with Gasteiger partial charge in [0, 0.05) is 24.2 Å². The second-order valence-electron chi connectivity index (χ2n) is 4.89. The molecule has 21 heavy (non-hydrogen) atoms. The monoisotopic (exact) mass is 324 g/mol. The number of hydrogen-bond donors (Lipinski definition) is 1. The van der Waals surface area contributed by atoms with Crippen molar-refractivity contribution in [2.45, 2.75) is 20.0 Å². The van der Waals surface area contributed by atoms with E-state index in [1.54, 1.807) is 6.07 Å². The quantitative estimate of drug-likeness (QED) is 0.632. The highest BCUT2D eigenvalue weighted by Crippen LogP contribution is 2.37. The molecular weight excluding hydrogens is 307 g/mol. The Morgan fingerprint density at radius 3 is 2.86 bits per heavy atom. The first-order valence-corrected chi connectivity index (χ1v) is 7.52. The van der Waals surface area contributed by atoms with E-state index >= 15 is 0 Å². The molecule has 3 nitrogen and oxygen atoms in total. The number of hydrogen-bond acceptors (Lipinski definition) is 3. The first kappa shape index (κ1) is 16.1. The Balaban J connectivity index is 2.34. The van der Waals surface area contributed by atoms with Crippen LogP contribution in [0, 0.1) is 6.92 Å². The predicted octanol–water partition coefficient (Wildman–Crippen LogP) is 4.39. The third-order valence-corrected chi connectivity index (χ3v) is 3.61. The van der Waals surface area contributed by atoms with E-state index in [0.29, 0.717) is 27.9 Å². The fourth-order valence-electron chi connectivity index (χ4n) is 2.03. The largest absolute Gasteiger partial charge is 0.486 e. The smallest absolute Gasteiger partial charge is 0.164 e. The molecule has 1 aromatic carbocycles. The average molecular weight is 325 g/mol. The fraction of sp³-hybridized carbons (Fsp3) is 0.312. The summed E-state index contributed by atoms with van der Waals surface area (Å²) < 4.78 is 5.97. The Kier molecular flexibility index (Phi) is 5.45. The van der Waals surface area contributed by atoms with Gasteiger partial charge in [0.1, 0.15) is 11.6 Å². The number of aryl methyl sites for hydroxylation is 1. The highest BCUT2D eigenvalue weighted by atomic mass is 35.5. The molecule has 0 aliphatic carbocycles. The van der Waals surface area contributed by atoms with E-state index in [4.69, 9.17) is 27.9 Å². The van der Waals surface area contributed by atoms with Crippen molar-refractivity contribution in [2.75, 3.05) is 13.1 Å². The van der Waals surface area contributed by atoms with Crippen molar-refractivity contribution in [2.24, 2.45) is 0 Å². The number of rotatable bonds is 6. The van der Waals surface area contributed by atoms with Crippen LogP contribution in [-0.4, -0.2) is 24.2 Å². The summed E-state index contributed by atoms with van der Waals surface area (Å²) in [5, 5.41) is 5.10. The van der Waals surface area contributed by atoms with Crippen LogP contribution in [0.5, 0.6) is 5.75 Å². The SMILES string of the molecule is C=CCNCC(C)Oc1c(Cl)cc(Cl)c2ccc(C)nc12. The second-order valence-corrected chi connectivity index (χ2v) is 5.71. The molecule has 112 valence electrons. The van der Waals surface area contributed by atoms with Crippen LogP contribution in [-0.2, 0) is 0 Å². The molecule has 0 fully saturated rings. The minimum Gasteiger partial charge on any atom is -0.486 e. The van der Waals surface area contributed by atoms with Crippen LogP contribution in [0.25, 0.3) is 10.9 Å². The van der Waals surface area contributed by atoms with Crippen LogP contribution in [0.4, 0.5) is 0 Å². The molecule has 1 unspecified atom stereocenters. The Labute approximate surface area is 134 Å². The molecule has 0 saturated carbocycles. The minimum atomic E-state index is -0.0471. The maximum atomic E-state index is 6.28. The number of ether oxygens (including phenoxy) is 1. The normalized spacial score (nSPS) is 12.4. The molecule has 2 aromatic rings. The summed E-state index contributed by atoms with van der Waals surface area (Å²) in [4.78, 5) is 4.52. The summed E-state index contributed by atoms with van der Waals surface area (Å²) in [6.45, 7) is 8.99. The second kappa shape index (κ2) is 7.12. The molecule has 0 bridgehead atoms. The highest BCUT2D eigenvalue weighted by molar-refractivity contribution is 6.39. The lowest BCUT2D eigenvalue weighted by molar-refractivity contribution is 0.221. The molecule has 1 heterocycles. The topological polar surface area (TPSA) is 34.1 Å². The van der Waals surface area contributed by atoms with Gasteiger partial charge < -0.3 is 10.1 Å². The molecule has 1 N–H and O–H groups in total. The molecule has 2 rings (SSSR count). The summed E-state index contributed by atoms with van der Waals surface area (Å²) >= 11 is 12.5. The van der Waals surface area contributed by atoms with Crippen LogP contribution in [0.1, 0.15) is 12.6 Å². The summed E-state index contributed by atoms with van der Waals surface area (Å²) in [7, 11) is 0. The number of aromatic nitrogens is 1. The molecule has 1 atom stereocenters. The zero-order valence-corrected chi connectivity index (χ0v) is 13.6. The molecule has 5 heteroatoms. The average Bonchev–Trinajstić information content (AvgIpc) is 2.43. The van der Waals surface area contributed by atoms with Crippen molar-refractivity contribution >= 4 is 34.1 Å². The molecular formula is C16H18Cl2N2O. The summed E-state index contributed by atoms with van der Waals surface area (Å²) in [6, 6.07) is 5.55. The molecule has 1 aromatic heterocycles. The van der Waals surface area contributed by atoms with Gasteiger partial charge in [-0.1, -0.05) is 29.3 Å².